The van der Waals surface area contributed by atoms with E-state index in [1.54, 1.807) is 0 Å². The summed E-state index contributed by atoms with van der Waals surface area (Å²) >= 11 is 3.10. The van der Waals surface area contributed by atoms with Gasteiger partial charge in [0.05, 0.1) is 0 Å². The second-order valence-corrected chi connectivity index (χ2v) is 28.8. The van der Waals surface area contributed by atoms with Crippen molar-refractivity contribution in [1.82, 2.24) is 0 Å². The van der Waals surface area contributed by atoms with E-state index in [4.69, 9.17) is 0 Å². The SMILES string of the molecule is CC[As]([As])(CC)(CC)CC. The van der Waals surface area contributed by atoms with Crippen molar-refractivity contribution in [1.29, 1.82) is 0 Å². The van der Waals surface area contributed by atoms with E-state index in [0.717, 1.165) is 0 Å². The monoisotopic (exact) mass is 266 g/mol. The van der Waals surface area contributed by atoms with Crippen LogP contribution in [0.3, 0.4) is 0 Å². The molecule has 0 bridgehead atoms. The minimum atomic E-state index is -1.74. The van der Waals surface area contributed by atoms with Crippen LogP contribution in [0.25, 0.3) is 0 Å². The van der Waals surface area contributed by atoms with Crippen molar-refractivity contribution < 1.29 is 0 Å². The van der Waals surface area contributed by atoms with Crippen molar-refractivity contribution in [2.45, 2.75) is 48.5 Å². The maximum absolute atomic E-state index is 3.10. The van der Waals surface area contributed by atoms with Gasteiger partial charge in [-0.2, -0.15) is 0 Å². The molecule has 2 heteroatoms. The van der Waals surface area contributed by atoms with Gasteiger partial charge in [-0.3, -0.25) is 0 Å². The third kappa shape index (κ3) is 2.05. The van der Waals surface area contributed by atoms with Crippen molar-refractivity contribution in [2.75, 3.05) is 0 Å². The van der Waals surface area contributed by atoms with Gasteiger partial charge >= 0.3 is 73.7 Å². The first kappa shape index (κ1) is 11.1. The molecular formula is C8H20As2. The van der Waals surface area contributed by atoms with Crippen LogP contribution in [0.2, 0.25) is 20.8 Å². The van der Waals surface area contributed by atoms with Gasteiger partial charge in [0.2, 0.25) is 0 Å². The van der Waals surface area contributed by atoms with Crippen LogP contribution in [0, 0.1) is 0 Å². The number of hydrogen-bond acceptors (Lipinski definition) is 0. The van der Waals surface area contributed by atoms with E-state index in [0.29, 0.717) is 0 Å². The van der Waals surface area contributed by atoms with Crippen LogP contribution in [-0.2, 0) is 0 Å². The molecule has 0 spiro atoms. The number of hydrogen-bond donors (Lipinski definition) is 0. The summed E-state index contributed by atoms with van der Waals surface area (Å²) in [4.78, 5) is 0. The van der Waals surface area contributed by atoms with Gasteiger partial charge in [-0.05, 0) is 0 Å². The van der Waals surface area contributed by atoms with Gasteiger partial charge in [-0.1, -0.05) is 0 Å². The van der Waals surface area contributed by atoms with Gasteiger partial charge in [0, 0.05) is 0 Å². The molecule has 0 nitrogen and oxygen atoms in total. The topological polar surface area (TPSA) is 0 Å². The van der Waals surface area contributed by atoms with Crippen molar-refractivity contribution in [2.24, 2.45) is 0 Å². The van der Waals surface area contributed by atoms with E-state index in [1.807, 2.05) is 0 Å². The Kier molecular flexibility index (Phi) is 4.09. The molecule has 0 aliphatic heterocycles. The first-order chi connectivity index (χ1) is 4.54. The van der Waals surface area contributed by atoms with Crippen LogP contribution < -0.4 is 0 Å². The zero-order chi connectivity index (χ0) is 8.28. The van der Waals surface area contributed by atoms with E-state index in [1.165, 1.54) is 20.8 Å². The van der Waals surface area contributed by atoms with Gasteiger partial charge in [-0.15, -0.1) is 0 Å². The summed E-state index contributed by atoms with van der Waals surface area (Å²) in [6.45, 7) is 9.50. The van der Waals surface area contributed by atoms with Crippen molar-refractivity contribution in [3.05, 3.63) is 0 Å². The molecule has 0 N–H and O–H groups in total. The Morgan fingerprint density at radius 1 is 0.800 bits per heavy atom. The molecule has 62 valence electrons. The average Bonchev–Trinajstić information content (AvgIpc) is 2.04. The van der Waals surface area contributed by atoms with E-state index in [2.05, 4.69) is 42.5 Å². The second kappa shape index (κ2) is 3.68. The zero-order valence-corrected chi connectivity index (χ0v) is 11.5. The fourth-order valence-corrected chi connectivity index (χ4v) is 6.97. The molecule has 0 aliphatic rings. The molecule has 0 rings (SSSR count). The summed E-state index contributed by atoms with van der Waals surface area (Å²) < 4.78 is 0. The third-order valence-electron chi connectivity index (χ3n) is 3.25. The molecule has 0 fully saturated rings. The van der Waals surface area contributed by atoms with Gasteiger partial charge in [0.25, 0.3) is 0 Å². The maximum atomic E-state index is 3.10. The Labute approximate surface area is 73.6 Å². The second-order valence-electron chi connectivity index (χ2n) is 3.17. The summed E-state index contributed by atoms with van der Waals surface area (Å²) in [7, 11) is -1.74. The summed E-state index contributed by atoms with van der Waals surface area (Å²) in [6, 6.07) is 0. The standard InChI is InChI=1S/C8H20As2/c1-5-10(9,6-2,7-3)8-4/h5-8H2,1-4H3. The van der Waals surface area contributed by atoms with Crippen LogP contribution in [-0.4, -0.2) is 25.2 Å². The predicted octanol–water partition coefficient (Wildman–Crippen LogP) is 3.13. The first-order valence-corrected chi connectivity index (χ1v) is 14.8. The Hall–Kier alpha value is 1.12. The molecule has 0 aromatic heterocycles. The zero-order valence-electron chi connectivity index (χ0n) is 7.72. The molecule has 0 aromatic rings. The summed E-state index contributed by atoms with van der Waals surface area (Å²) in [5.74, 6) is 0. The Bertz CT molecular complexity index is 82.3. The van der Waals surface area contributed by atoms with E-state index >= 15 is 0 Å². The molecule has 0 aromatic carbocycles. The Morgan fingerprint density at radius 2 is 1.00 bits per heavy atom. The summed E-state index contributed by atoms with van der Waals surface area (Å²) in [5.41, 5.74) is 0. The van der Waals surface area contributed by atoms with Gasteiger partial charge in [0.1, 0.15) is 0 Å². The van der Waals surface area contributed by atoms with Gasteiger partial charge in [0.15, 0.2) is 0 Å². The van der Waals surface area contributed by atoms with Crippen molar-refractivity contribution in [3.8, 4) is 0 Å². The first-order valence-electron chi connectivity index (χ1n) is 4.29. The summed E-state index contributed by atoms with van der Waals surface area (Å²) in [5, 5.41) is 5.84. The van der Waals surface area contributed by atoms with E-state index in [9.17, 15) is 0 Å². The van der Waals surface area contributed by atoms with Crippen molar-refractivity contribution >= 4 is 25.2 Å². The molecule has 0 aliphatic carbocycles. The Balaban J connectivity index is 4.42. The molecule has 2 radical (unpaired) electrons. The molecule has 0 atom stereocenters. The molecule has 10 heavy (non-hydrogen) atoms. The van der Waals surface area contributed by atoms with Crippen LogP contribution in [0.1, 0.15) is 27.7 Å². The molecule has 0 heterocycles. The number of rotatable bonds is 4. The fraction of sp³-hybridized carbons (Fsp3) is 1.00. The molecule has 0 unspecified atom stereocenters. The molecule has 0 amide bonds. The third-order valence-corrected chi connectivity index (χ3v) is 29.2. The molecular weight excluding hydrogens is 246 g/mol. The van der Waals surface area contributed by atoms with Crippen LogP contribution in [0.5, 0.6) is 0 Å². The van der Waals surface area contributed by atoms with Crippen LogP contribution >= 0.6 is 0 Å². The predicted molar refractivity (Wildman–Crippen MR) is 53.4 cm³/mol. The molecule has 0 saturated heterocycles. The summed E-state index contributed by atoms with van der Waals surface area (Å²) in [6.07, 6.45) is 0. The average molecular weight is 266 g/mol. The quantitative estimate of drug-likeness (QED) is 0.686. The molecule has 0 saturated carbocycles. The minimum absolute atomic E-state index is 1.46. The van der Waals surface area contributed by atoms with E-state index < -0.39 is 10.4 Å². The van der Waals surface area contributed by atoms with E-state index in [-0.39, 0.29) is 0 Å². The van der Waals surface area contributed by atoms with Crippen LogP contribution in [0.15, 0.2) is 0 Å². The fourth-order valence-electron chi connectivity index (χ4n) is 1.34. The Morgan fingerprint density at radius 3 is 1.00 bits per heavy atom. The van der Waals surface area contributed by atoms with Gasteiger partial charge in [-0.25, -0.2) is 0 Å². The van der Waals surface area contributed by atoms with Crippen molar-refractivity contribution in [3.63, 3.8) is 0 Å². The van der Waals surface area contributed by atoms with Gasteiger partial charge < -0.3 is 0 Å². The normalized spacial score (nSPS) is 16.3. The van der Waals surface area contributed by atoms with Crippen LogP contribution in [0.4, 0.5) is 0 Å².